The third-order valence-electron chi connectivity index (χ3n) is 11.4. The summed E-state index contributed by atoms with van der Waals surface area (Å²) >= 11 is 0. The van der Waals surface area contributed by atoms with E-state index in [2.05, 4.69) is 48.5 Å². The van der Waals surface area contributed by atoms with Crippen LogP contribution in [0.25, 0.3) is 44.5 Å². The molecule has 0 fully saturated rings. The van der Waals surface area contributed by atoms with E-state index in [0.717, 1.165) is 77.9 Å². The molecule has 0 bridgehead atoms. The van der Waals surface area contributed by atoms with Crippen molar-refractivity contribution in [1.29, 1.82) is 0 Å². The molecule has 0 aliphatic carbocycles. The Labute approximate surface area is 350 Å². The molecule has 0 amide bonds. The number of phenols is 4. The molecule has 4 N–H and O–H groups in total. The molecule has 9 rings (SSSR count). The van der Waals surface area contributed by atoms with E-state index in [4.69, 9.17) is 0 Å². The lowest BCUT2D eigenvalue weighted by Gasteiger charge is -2.24. The first kappa shape index (κ1) is 37.7. The fraction of sp³-hybridized carbons (Fsp3) is 0.0357. The van der Waals surface area contributed by atoms with Gasteiger partial charge >= 0.3 is 0 Å². The van der Waals surface area contributed by atoms with Gasteiger partial charge in [0.25, 0.3) is 0 Å². The summed E-state index contributed by atoms with van der Waals surface area (Å²) in [6.07, 6.45) is 0. The highest BCUT2D eigenvalue weighted by Gasteiger charge is 2.24. The number of benzene rings is 9. The molecule has 4 heteroatoms. The number of hydrogen-bond acceptors (Lipinski definition) is 4. The van der Waals surface area contributed by atoms with Crippen LogP contribution in [-0.2, 0) is 0 Å². The Morgan fingerprint density at radius 2 is 0.417 bits per heavy atom. The average molecular weight is 779 g/mol. The number of rotatable bonds is 10. The van der Waals surface area contributed by atoms with Crippen LogP contribution in [0.15, 0.2) is 218 Å². The SMILES string of the molecule is Oc1ccc(C(c2ccc(C(c3ccc(O)c(-c4ccccc4)c3)c3ccc(O)c(-c4ccccc4)c3)cc2)c2ccc(O)c(-c3ccccc3)c2)cc1-c1ccccc1. The maximum absolute atomic E-state index is 11.1. The molecule has 0 spiro atoms. The molecule has 0 saturated carbocycles. The Kier molecular flexibility index (Phi) is 10.4. The molecule has 9 aromatic rings. The molecule has 9 aromatic carbocycles. The first-order valence-corrected chi connectivity index (χ1v) is 20.0. The Hall–Kier alpha value is -7.82. The van der Waals surface area contributed by atoms with Crippen LogP contribution in [-0.4, -0.2) is 20.4 Å². The van der Waals surface area contributed by atoms with Crippen LogP contribution in [0.4, 0.5) is 0 Å². The van der Waals surface area contributed by atoms with Gasteiger partial charge in [0, 0.05) is 34.1 Å². The van der Waals surface area contributed by atoms with E-state index >= 15 is 0 Å². The van der Waals surface area contributed by atoms with E-state index in [1.165, 1.54) is 0 Å². The van der Waals surface area contributed by atoms with Crippen molar-refractivity contribution in [1.82, 2.24) is 0 Å². The molecule has 0 radical (unpaired) electrons. The zero-order valence-corrected chi connectivity index (χ0v) is 32.7. The summed E-state index contributed by atoms with van der Waals surface area (Å²) in [5, 5.41) is 44.4. The average Bonchev–Trinajstić information content (AvgIpc) is 3.30. The van der Waals surface area contributed by atoms with Gasteiger partial charge in [0.2, 0.25) is 0 Å². The van der Waals surface area contributed by atoms with Crippen molar-refractivity contribution >= 4 is 0 Å². The van der Waals surface area contributed by atoms with Crippen LogP contribution in [0.1, 0.15) is 45.2 Å². The summed E-state index contributed by atoms with van der Waals surface area (Å²) in [5.74, 6) is 0.270. The molecule has 0 heterocycles. The fourth-order valence-corrected chi connectivity index (χ4v) is 8.36. The Morgan fingerprint density at radius 1 is 0.217 bits per heavy atom. The van der Waals surface area contributed by atoms with Crippen molar-refractivity contribution < 1.29 is 20.4 Å². The Bertz CT molecular complexity index is 2510. The van der Waals surface area contributed by atoms with Crippen LogP contribution in [0, 0.1) is 0 Å². The number of hydrogen-bond donors (Lipinski definition) is 4. The van der Waals surface area contributed by atoms with Gasteiger partial charge < -0.3 is 20.4 Å². The lowest BCUT2D eigenvalue weighted by atomic mass is 9.80. The summed E-state index contributed by atoms with van der Waals surface area (Å²) in [6, 6.07) is 71.4. The summed E-state index contributed by atoms with van der Waals surface area (Å²) in [5.41, 5.74) is 12.6. The molecule has 0 unspecified atom stereocenters. The Morgan fingerprint density at radius 3 is 0.633 bits per heavy atom. The fourth-order valence-electron chi connectivity index (χ4n) is 8.36. The largest absolute Gasteiger partial charge is 0.507 e. The van der Waals surface area contributed by atoms with Gasteiger partial charge in [0.05, 0.1) is 0 Å². The highest BCUT2D eigenvalue weighted by atomic mass is 16.3. The minimum absolute atomic E-state index is 0.199. The van der Waals surface area contributed by atoms with Gasteiger partial charge in [-0.25, -0.2) is 0 Å². The minimum Gasteiger partial charge on any atom is -0.507 e. The van der Waals surface area contributed by atoms with Gasteiger partial charge in [-0.05, 0) is 104 Å². The summed E-state index contributed by atoms with van der Waals surface area (Å²) in [6.45, 7) is 0. The maximum Gasteiger partial charge on any atom is 0.123 e. The first-order valence-electron chi connectivity index (χ1n) is 20.0. The van der Waals surface area contributed by atoms with Gasteiger partial charge in [-0.3, -0.25) is 0 Å². The zero-order chi connectivity index (χ0) is 41.0. The molecular weight excluding hydrogens is 737 g/mol. The van der Waals surface area contributed by atoms with Crippen LogP contribution in [0.3, 0.4) is 0 Å². The topological polar surface area (TPSA) is 80.9 Å². The molecule has 0 atom stereocenters. The van der Waals surface area contributed by atoms with E-state index in [1.807, 2.05) is 146 Å². The van der Waals surface area contributed by atoms with Gasteiger partial charge in [0.15, 0.2) is 0 Å². The van der Waals surface area contributed by atoms with E-state index in [1.54, 1.807) is 24.3 Å². The quantitative estimate of drug-likeness (QED) is 0.104. The third-order valence-corrected chi connectivity index (χ3v) is 11.4. The molecule has 0 aromatic heterocycles. The van der Waals surface area contributed by atoms with Gasteiger partial charge in [-0.15, -0.1) is 0 Å². The van der Waals surface area contributed by atoms with E-state index < -0.39 is 0 Å². The van der Waals surface area contributed by atoms with Crippen LogP contribution in [0.2, 0.25) is 0 Å². The van der Waals surface area contributed by atoms with Crippen molar-refractivity contribution in [2.45, 2.75) is 11.8 Å². The lowest BCUT2D eigenvalue weighted by Crippen LogP contribution is -2.07. The van der Waals surface area contributed by atoms with Gasteiger partial charge in [-0.1, -0.05) is 170 Å². The zero-order valence-electron chi connectivity index (χ0n) is 32.7. The molecule has 290 valence electrons. The van der Waals surface area contributed by atoms with Crippen molar-refractivity contribution in [3.05, 3.63) is 252 Å². The highest BCUT2D eigenvalue weighted by Crippen LogP contribution is 2.44. The smallest absolute Gasteiger partial charge is 0.123 e. The second-order valence-corrected chi connectivity index (χ2v) is 15.1. The van der Waals surface area contributed by atoms with E-state index in [-0.39, 0.29) is 34.8 Å². The molecular formula is C56H42O4. The monoisotopic (exact) mass is 778 g/mol. The van der Waals surface area contributed by atoms with Crippen molar-refractivity contribution in [3.63, 3.8) is 0 Å². The standard InChI is InChI=1S/C56H42O4/c57-51-29-25-43(33-47(51)37-13-5-1-6-14-37)55(44-26-30-52(58)48(34-44)38-15-7-2-8-16-38)41-21-23-42(24-22-41)56(45-27-31-53(59)49(35-45)39-17-9-3-10-18-39)46-28-32-54(60)50(36-46)40-19-11-4-12-20-40/h1-36,55-60H. The lowest BCUT2D eigenvalue weighted by molar-refractivity contribution is 0.476. The first-order chi connectivity index (χ1) is 29.4. The second kappa shape index (κ2) is 16.6. The van der Waals surface area contributed by atoms with E-state index in [9.17, 15) is 20.4 Å². The Balaban J connectivity index is 1.20. The molecule has 0 aliphatic heterocycles. The van der Waals surface area contributed by atoms with E-state index in [0.29, 0.717) is 0 Å². The van der Waals surface area contributed by atoms with Gasteiger partial charge in [0.1, 0.15) is 23.0 Å². The van der Waals surface area contributed by atoms with Crippen LogP contribution >= 0.6 is 0 Å². The second-order valence-electron chi connectivity index (χ2n) is 15.1. The third kappa shape index (κ3) is 7.62. The van der Waals surface area contributed by atoms with Crippen molar-refractivity contribution in [2.24, 2.45) is 0 Å². The minimum atomic E-state index is -0.264. The highest BCUT2D eigenvalue weighted by molar-refractivity contribution is 5.76. The number of phenolic OH excluding ortho intramolecular Hbond substituents is 4. The van der Waals surface area contributed by atoms with Crippen LogP contribution < -0.4 is 0 Å². The summed E-state index contributed by atoms with van der Waals surface area (Å²) in [7, 11) is 0. The summed E-state index contributed by atoms with van der Waals surface area (Å²) < 4.78 is 0. The van der Waals surface area contributed by atoms with Crippen molar-refractivity contribution in [3.8, 4) is 67.5 Å². The van der Waals surface area contributed by atoms with Crippen LogP contribution in [0.5, 0.6) is 23.0 Å². The van der Waals surface area contributed by atoms with Crippen molar-refractivity contribution in [2.75, 3.05) is 0 Å². The predicted octanol–water partition coefficient (Wildman–Crippen LogP) is 13.5. The molecule has 60 heavy (non-hydrogen) atoms. The molecule has 0 saturated heterocycles. The molecule has 0 aliphatic rings. The predicted molar refractivity (Wildman–Crippen MR) is 243 cm³/mol. The molecule has 4 nitrogen and oxygen atoms in total. The number of aromatic hydroxyl groups is 4. The maximum atomic E-state index is 11.1. The summed E-state index contributed by atoms with van der Waals surface area (Å²) in [4.78, 5) is 0. The van der Waals surface area contributed by atoms with Gasteiger partial charge in [-0.2, -0.15) is 0 Å². The normalized spacial score (nSPS) is 11.2.